The van der Waals surface area contributed by atoms with Crippen LogP contribution in [0, 0.1) is 5.82 Å². The number of anilines is 1. The SMILES string of the molecule is CC(=O)NCC1CC(c2ccc(N3CCN(C(=O)COC(=O)c4cccnc4)CC3)c(F)c2)C(=O)O1. The quantitative estimate of drug-likeness (QED) is 0.567. The van der Waals surface area contributed by atoms with Gasteiger partial charge in [-0.05, 0) is 29.8 Å². The number of ether oxygens (including phenoxy) is 2. The highest BCUT2D eigenvalue weighted by Gasteiger charge is 2.36. The molecule has 2 saturated heterocycles. The van der Waals surface area contributed by atoms with Gasteiger partial charge in [0.1, 0.15) is 11.9 Å². The zero-order valence-electron chi connectivity index (χ0n) is 19.8. The minimum atomic E-state index is -0.621. The number of nitrogens with zero attached hydrogens (tertiary/aromatic N) is 3. The Hall–Kier alpha value is -4.02. The van der Waals surface area contributed by atoms with Gasteiger partial charge in [-0.3, -0.25) is 19.4 Å². The first-order valence-corrected chi connectivity index (χ1v) is 11.7. The van der Waals surface area contributed by atoms with E-state index in [9.17, 15) is 23.6 Å². The molecule has 2 amide bonds. The number of benzene rings is 1. The van der Waals surface area contributed by atoms with E-state index < -0.39 is 29.8 Å². The number of cyclic esters (lactones) is 1. The second-order valence-electron chi connectivity index (χ2n) is 8.68. The Morgan fingerprint density at radius 1 is 1.19 bits per heavy atom. The lowest BCUT2D eigenvalue weighted by Crippen LogP contribution is -2.50. The van der Waals surface area contributed by atoms with Crippen LogP contribution in [0.2, 0.25) is 0 Å². The number of esters is 2. The number of hydrogen-bond donors (Lipinski definition) is 1. The number of pyridine rings is 1. The Morgan fingerprint density at radius 3 is 2.64 bits per heavy atom. The fraction of sp³-hybridized carbons (Fsp3) is 0.400. The van der Waals surface area contributed by atoms with Crippen LogP contribution in [0.5, 0.6) is 0 Å². The second-order valence-corrected chi connectivity index (χ2v) is 8.68. The van der Waals surface area contributed by atoms with Crippen molar-refractivity contribution >= 4 is 29.4 Å². The first-order valence-electron chi connectivity index (χ1n) is 11.7. The molecule has 1 N–H and O–H groups in total. The van der Waals surface area contributed by atoms with Gasteiger partial charge in [0.2, 0.25) is 5.91 Å². The van der Waals surface area contributed by atoms with Gasteiger partial charge < -0.3 is 24.6 Å². The first kappa shape index (κ1) is 25.1. The molecule has 2 unspecified atom stereocenters. The molecule has 4 rings (SSSR count). The van der Waals surface area contributed by atoms with Gasteiger partial charge in [0.25, 0.3) is 5.91 Å². The fourth-order valence-electron chi connectivity index (χ4n) is 4.29. The summed E-state index contributed by atoms with van der Waals surface area (Å²) in [6.07, 6.45) is 2.82. The normalized spacial score (nSPS) is 19.6. The highest BCUT2D eigenvalue weighted by Crippen LogP contribution is 2.33. The Morgan fingerprint density at radius 2 is 1.97 bits per heavy atom. The lowest BCUT2D eigenvalue weighted by molar-refractivity contribution is -0.142. The highest BCUT2D eigenvalue weighted by atomic mass is 19.1. The average Bonchev–Trinajstić information content (AvgIpc) is 3.26. The fourth-order valence-corrected chi connectivity index (χ4v) is 4.29. The minimum absolute atomic E-state index is 0.211. The van der Waals surface area contributed by atoms with Crippen LogP contribution in [-0.4, -0.2) is 79.1 Å². The zero-order valence-corrected chi connectivity index (χ0v) is 19.8. The molecule has 2 atom stereocenters. The number of hydrogen-bond acceptors (Lipinski definition) is 8. The minimum Gasteiger partial charge on any atom is -0.460 e. The summed E-state index contributed by atoms with van der Waals surface area (Å²) in [7, 11) is 0. The summed E-state index contributed by atoms with van der Waals surface area (Å²) in [5, 5.41) is 2.62. The lowest BCUT2D eigenvalue weighted by Gasteiger charge is -2.36. The number of rotatable bonds is 7. The molecular formula is C25H27FN4O6. The summed E-state index contributed by atoms with van der Waals surface area (Å²) in [5.74, 6) is -2.64. The van der Waals surface area contributed by atoms with E-state index in [1.54, 1.807) is 29.2 Å². The smallest absolute Gasteiger partial charge is 0.340 e. The first-order chi connectivity index (χ1) is 17.3. The number of aromatic nitrogens is 1. The second kappa shape index (κ2) is 11.1. The van der Waals surface area contributed by atoms with E-state index in [2.05, 4.69) is 10.3 Å². The maximum Gasteiger partial charge on any atom is 0.340 e. The van der Waals surface area contributed by atoms with E-state index in [4.69, 9.17) is 9.47 Å². The largest absolute Gasteiger partial charge is 0.460 e. The van der Waals surface area contributed by atoms with Crippen LogP contribution < -0.4 is 10.2 Å². The van der Waals surface area contributed by atoms with Gasteiger partial charge in [0.05, 0.1) is 23.7 Å². The maximum absolute atomic E-state index is 15.0. The summed E-state index contributed by atoms with van der Waals surface area (Å²) < 4.78 is 25.4. The van der Waals surface area contributed by atoms with Crippen LogP contribution in [0.3, 0.4) is 0 Å². The number of carbonyl (C=O) groups is 4. The molecule has 2 aliphatic heterocycles. The summed E-state index contributed by atoms with van der Waals surface area (Å²) >= 11 is 0. The molecule has 2 aromatic rings. The van der Waals surface area contributed by atoms with Crippen LogP contribution in [-0.2, 0) is 23.9 Å². The van der Waals surface area contributed by atoms with E-state index in [0.717, 1.165) is 0 Å². The topological polar surface area (TPSA) is 118 Å². The molecule has 0 aliphatic carbocycles. The third kappa shape index (κ3) is 5.96. The Kier molecular flexibility index (Phi) is 7.77. The van der Waals surface area contributed by atoms with E-state index >= 15 is 0 Å². The van der Waals surface area contributed by atoms with Crippen molar-refractivity contribution in [3.63, 3.8) is 0 Å². The van der Waals surface area contributed by atoms with Crippen molar-refractivity contribution in [3.8, 4) is 0 Å². The number of halogens is 1. The van der Waals surface area contributed by atoms with Crippen LogP contribution >= 0.6 is 0 Å². The number of carbonyl (C=O) groups excluding carboxylic acids is 4. The summed E-state index contributed by atoms with van der Waals surface area (Å²) in [4.78, 5) is 55.0. The zero-order chi connectivity index (χ0) is 25.7. The molecule has 0 bridgehead atoms. The molecule has 36 heavy (non-hydrogen) atoms. The molecule has 11 heteroatoms. The van der Waals surface area contributed by atoms with Gasteiger partial charge in [0.15, 0.2) is 6.61 Å². The molecule has 10 nitrogen and oxygen atoms in total. The molecule has 3 heterocycles. The van der Waals surface area contributed by atoms with Crippen molar-refractivity contribution in [2.75, 3.05) is 44.2 Å². The van der Waals surface area contributed by atoms with E-state index in [-0.39, 0.29) is 30.5 Å². The molecule has 1 aromatic carbocycles. The van der Waals surface area contributed by atoms with Crippen molar-refractivity contribution in [2.24, 2.45) is 0 Å². The number of amides is 2. The third-order valence-corrected chi connectivity index (χ3v) is 6.22. The van der Waals surface area contributed by atoms with Crippen LogP contribution in [0.1, 0.15) is 35.2 Å². The van der Waals surface area contributed by atoms with Gasteiger partial charge in [-0.15, -0.1) is 0 Å². The molecule has 2 fully saturated rings. The molecule has 2 aliphatic rings. The van der Waals surface area contributed by atoms with Crippen molar-refractivity contribution < 1.29 is 33.0 Å². The van der Waals surface area contributed by atoms with Gasteiger partial charge in [-0.1, -0.05) is 6.07 Å². The number of piperazine rings is 1. The summed E-state index contributed by atoms with van der Waals surface area (Å²) in [6, 6.07) is 7.84. The van der Waals surface area contributed by atoms with E-state index in [1.807, 2.05) is 4.90 Å². The predicted molar refractivity (Wildman–Crippen MR) is 126 cm³/mol. The molecule has 0 radical (unpaired) electrons. The van der Waals surface area contributed by atoms with Gasteiger partial charge in [-0.2, -0.15) is 0 Å². The molecule has 0 saturated carbocycles. The summed E-state index contributed by atoms with van der Waals surface area (Å²) in [5.41, 5.74) is 1.17. The van der Waals surface area contributed by atoms with Crippen LogP contribution in [0.15, 0.2) is 42.7 Å². The Balaban J connectivity index is 1.28. The molecule has 1 aromatic heterocycles. The Bertz CT molecular complexity index is 1140. The monoisotopic (exact) mass is 498 g/mol. The van der Waals surface area contributed by atoms with Crippen molar-refractivity contribution in [1.29, 1.82) is 0 Å². The average molecular weight is 499 g/mol. The molecule has 0 spiro atoms. The molecular weight excluding hydrogens is 471 g/mol. The van der Waals surface area contributed by atoms with E-state index in [0.29, 0.717) is 43.9 Å². The van der Waals surface area contributed by atoms with Crippen LogP contribution in [0.25, 0.3) is 0 Å². The van der Waals surface area contributed by atoms with E-state index in [1.165, 1.54) is 25.4 Å². The van der Waals surface area contributed by atoms with Crippen molar-refractivity contribution in [2.45, 2.75) is 25.4 Å². The van der Waals surface area contributed by atoms with Crippen LogP contribution in [0.4, 0.5) is 10.1 Å². The van der Waals surface area contributed by atoms with Gasteiger partial charge in [-0.25, -0.2) is 9.18 Å². The lowest BCUT2D eigenvalue weighted by atomic mass is 9.95. The van der Waals surface area contributed by atoms with Gasteiger partial charge in [0, 0.05) is 51.9 Å². The maximum atomic E-state index is 15.0. The number of nitrogens with one attached hydrogen (secondary N) is 1. The predicted octanol–water partition coefficient (Wildman–Crippen LogP) is 1.26. The third-order valence-electron chi connectivity index (χ3n) is 6.22. The Labute approximate surface area is 207 Å². The highest BCUT2D eigenvalue weighted by molar-refractivity contribution is 5.91. The standard InChI is InChI=1S/C25H27FN4O6/c1-16(31)28-14-19-12-20(25(34)36-19)17-4-5-22(21(26)11-17)29-7-9-30(10-8-29)23(32)15-35-24(33)18-3-2-6-27-13-18/h2-6,11,13,19-20H,7-10,12,14-15H2,1H3,(H,28,31). The van der Waals surface area contributed by atoms with Crippen molar-refractivity contribution in [1.82, 2.24) is 15.2 Å². The van der Waals surface area contributed by atoms with Gasteiger partial charge >= 0.3 is 11.9 Å². The summed E-state index contributed by atoms with van der Waals surface area (Å²) in [6.45, 7) is 2.75. The van der Waals surface area contributed by atoms with Crippen molar-refractivity contribution in [3.05, 3.63) is 59.7 Å². The molecule has 190 valence electrons.